The Labute approximate surface area is 156 Å². The van der Waals surface area contributed by atoms with E-state index in [1.54, 1.807) is 12.1 Å². The molecule has 2 heterocycles. The molecule has 0 aliphatic carbocycles. The highest BCUT2D eigenvalue weighted by molar-refractivity contribution is 5.78. The first kappa shape index (κ1) is 16.8. The number of aromatic nitrogens is 2. The number of nitro benzene ring substituents is 1. The van der Waals surface area contributed by atoms with Gasteiger partial charge in [-0.15, -0.1) is 0 Å². The van der Waals surface area contributed by atoms with Crippen molar-refractivity contribution >= 4 is 17.2 Å². The number of imidazole rings is 1. The van der Waals surface area contributed by atoms with Gasteiger partial charge in [0, 0.05) is 29.9 Å². The van der Waals surface area contributed by atoms with Crippen LogP contribution >= 0.6 is 0 Å². The molecule has 0 saturated carbocycles. The first-order valence-corrected chi connectivity index (χ1v) is 8.64. The summed E-state index contributed by atoms with van der Waals surface area (Å²) in [7, 11) is 0. The minimum absolute atomic E-state index is 0.0512. The molecule has 0 bridgehead atoms. The van der Waals surface area contributed by atoms with Crippen LogP contribution in [0.25, 0.3) is 16.9 Å². The molecule has 27 heavy (non-hydrogen) atoms. The molecule has 0 radical (unpaired) electrons. The smallest absolute Gasteiger partial charge is 0.270 e. The van der Waals surface area contributed by atoms with Crippen molar-refractivity contribution in [2.24, 2.45) is 0 Å². The van der Waals surface area contributed by atoms with Crippen LogP contribution in [-0.4, -0.2) is 14.3 Å². The number of hydrogen-bond acceptors (Lipinski definition) is 4. The van der Waals surface area contributed by atoms with Crippen LogP contribution in [0.5, 0.6) is 0 Å². The second-order valence-electron chi connectivity index (χ2n) is 6.32. The molecule has 0 aliphatic rings. The van der Waals surface area contributed by atoms with Crippen LogP contribution in [0, 0.1) is 17.0 Å². The molecule has 0 saturated heterocycles. The number of benzene rings is 2. The molecular formula is C21H18N4O2. The molecule has 0 amide bonds. The Balaban J connectivity index is 1.83. The van der Waals surface area contributed by atoms with Gasteiger partial charge in [-0.2, -0.15) is 0 Å². The van der Waals surface area contributed by atoms with Gasteiger partial charge in [0.2, 0.25) is 0 Å². The fraction of sp³-hybridized carbons (Fsp3) is 0.0952. The van der Waals surface area contributed by atoms with Crippen molar-refractivity contribution in [3.05, 3.63) is 94.2 Å². The second-order valence-corrected chi connectivity index (χ2v) is 6.32. The zero-order valence-corrected chi connectivity index (χ0v) is 14.8. The van der Waals surface area contributed by atoms with Crippen LogP contribution in [0.1, 0.15) is 11.3 Å². The predicted octanol–water partition coefficient (Wildman–Crippen LogP) is 4.83. The van der Waals surface area contributed by atoms with Crippen molar-refractivity contribution in [3.8, 4) is 11.3 Å². The number of non-ortho nitro benzene ring substituents is 1. The van der Waals surface area contributed by atoms with Gasteiger partial charge in [-0.3, -0.25) is 14.5 Å². The van der Waals surface area contributed by atoms with Gasteiger partial charge < -0.3 is 5.32 Å². The minimum atomic E-state index is -0.387. The maximum atomic E-state index is 11.2. The summed E-state index contributed by atoms with van der Waals surface area (Å²) < 4.78 is 2.04. The first-order chi connectivity index (χ1) is 13.1. The van der Waals surface area contributed by atoms with Crippen LogP contribution < -0.4 is 5.32 Å². The van der Waals surface area contributed by atoms with E-state index in [4.69, 9.17) is 4.98 Å². The van der Waals surface area contributed by atoms with E-state index in [2.05, 4.69) is 17.4 Å². The van der Waals surface area contributed by atoms with Crippen LogP contribution in [0.2, 0.25) is 0 Å². The molecule has 0 spiro atoms. The molecule has 0 fully saturated rings. The maximum Gasteiger partial charge on any atom is 0.270 e. The highest BCUT2D eigenvalue weighted by Crippen LogP contribution is 2.32. The molecule has 6 nitrogen and oxygen atoms in total. The molecule has 0 atom stereocenters. The lowest BCUT2D eigenvalue weighted by atomic mass is 10.1. The van der Waals surface area contributed by atoms with Gasteiger partial charge in [0.15, 0.2) is 0 Å². The average molecular weight is 358 g/mol. The second kappa shape index (κ2) is 6.92. The minimum Gasteiger partial charge on any atom is -0.365 e. The number of nitrogens with one attached hydrogen (secondary N) is 1. The van der Waals surface area contributed by atoms with Crippen molar-refractivity contribution < 1.29 is 4.92 Å². The lowest BCUT2D eigenvalue weighted by Crippen LogP contribution is -2.04. The molecule has 6 heteroatoms. The van der Waals surface area contributed by atoms with Gasteiger partial charge in [-0.05, 0) is 24.6 Å². The van der Waals surface area contributed by atoms with E-state index < -0.39 is 0 Å². The fourth-order valence-corrected chi connectivity index (χ4v) is 3.17. The van der Waals surface area contributed by atoms with Crippen molar-refractivity contribution in [1.82, 2.24) is 9.38 Å². The molecule has 2 aromatic heterocycles. The summed E-state index contributed by atoms with van der Waals surface area (Å²) in [5, 5.41) is 14.6. The van der Waals surface area contributed by atoms with Gasteiger partial charge in [0.1, 0.15) is 17.2 Å². The third kappa shape index (κ3) is 3.25. The summed E-state index contributed by atoms with van der Waals surface area (Å²) in [6.07, 6.45) is 0. The fourth-order valence-electron chi connectivity index (χ4n) is 3.17. The van der Waals surface area contributed by atoms with E-state index in [1.165, 1.54) is 6.07 Å². The summed E-state index contributed by atoms with van der Waals surface area (Å²) in [5.74, 6) is 0.826. The molecule has 4 aromatic rings. The van der Waals surface area contributed by atoms with E-state index in [0.717, 1.165) is 22.7 Å². The highest BCUT2D eigenvalue weighted by Gasteiger charge is 2.17. The number of rotatable bonds is 5. The number of nitrogens with zero attached hydrogens (tertiary/aromatic N) is 3. The van der Waals surface area contributed by atoms with E-state index >= 15 is 0 Å². The van der Waals surface area contributed by atoms with E-state index in [0.29, 0.717) is 17.8 Å². The third-order valence-corrected chi connectivity index (χ3v) is 4.47. The van der Waals surface area contributed by atoms with Crippen molar-refractivity contribution in [2.75, 3.05) is 5.32 Å². The monoisotopic (exact) mass is 358 g/mol. The van der Waals surface area contributed by atoms with E-state index in [1.807, 2.05) is 53.8 Å². The van der Waals surface area contributed by atoms with E-state index in [9.17, 15) is 10.1 Å². The predicted molar refractivity (Wildman–Crippen MR) is 106 cm³/mol. The van der Waals surface area contributed by atoms with Crippen molar-refractivity contribution in [3.63, 3.8) is 0 Å². The standard InChI is InChI=1S/C21H18N4O2/c1-15-7-5-12-19-23-20(17-10-6-11-18(13-17)25(26)27)21(24(15)19)22-14-16-8-3-2-4-9-16/h2-13,22H,14H2,1H3. The SMILES string of the molecule is Cc1cccc2nc(-c3cccc([N+](=O)[O-])c3)c(NCc3ccccc3)n12. The largest absolute Gasteiger partial charge is 0.365 e. The zero-order chi connectivity index (χ0) is 18.8. The van der Waals surface area contributed by atoms with E-state index in [-0.39, 0.29) is 10.6 Å². The number of aryl methyl sites for hydroxylation is 1. The Kier molecular flexibility index (Phi) is 4.30. The number of fused-ring (bicyclic) bond motifs is 1. The van der Waals surface area contributed by atoms with Crippen molar-refractivity contribution in [2.45, 2.75) is 13.5 Å². The van der Waals surface area contributed by atoms with Crippen molar-refractivity contribution in [1.29, 1.82) is 0 Å². The van der Waals surface area contributed by atoms with Crippen LogP contribution in [0.15, 0.2) is 72.8 Å². The number of pyridine rings is 1. The summed E-state index contributed by atoms with van der Waals surface area (Å²) in [6.45, 7) is 2.64. The van der Waals surface area contributed by atoms with Gasteiger partial charge >= 0.3 is 0 Å². The lowest BCUT2D eigenvalue weighted by Gasteiger charge is -2.11. The van der Waals surface area contributed by atoms with Gasteiger partial charge in [-0.1, -0.05) is 48.5 Å². The molecule has 0 unspecified atom stereocenters. The molecule has 1 N–H and O–H groups in total. The summed E-state index contributed by atoms with van der Waals surface area (Å²) in [5.41, 5.74) is 4.44. The summed E-state index contributed by atoms with van der Waals surface area (Å²) in [6, 6.07) is 22.6. The normalized spacial score (nSPS) is 10.9. The van der Waals surface area contributed by atoms with Gasteiger partial charge in [0.25, 0.3) is 5.69 Å². The zero-order valence-electron chi connectivity index (χ0n) is 14.8. The Morgan fingerprint density at radius 1 is 1.04 bits per heavy atom. The Morgan fingerprint density at radius 2 is 1.81 bits per heavy atom. The average Bonchev–Trinajstić information content (AvgIpc) is 3.07. The number of anilines is 1. The quantitative estimate of drug-likeness (QED) is 0.410. The molecule has 2 aromatic carbocycles. The molecule has 0 aliphatic heterocycles. The van der Waals surface area contributed by atoms with Crippen LogP contribution in [-0.2, 0) is 6.54 Å². The number of hydrogen-bond donors (Lipinski definition) is 1. The summed E-state index contributed by atoms with van der Waals surface area (Å²) in [4.78, 5) is 15.5. The lowest BCUT2D eigenvalue weighted by molar-refractivity contribution is -0.384. The molecule has 134 valence electrons. The first-order valence-electron chi connectivity index (χ1n) is 8.64. The Bertz CT molecular complexity index is 1120. The molecule has 4 rings (SSSR count). The maximum absolute atomic E-state index is 11.2. The Hall–Kier alpha value is -3.67. The Morgan fingerprint density at radius 3 is 2.59 bits per heavy atom. The third-order valence-electron chi connectivity index (χ3n) is 4.47. The van der Waals surface area contributed by atoms with Crippen LogP contribution in [0.4, 0.5) is 11.5 Å². The number of nitro groups is 1. The topological polar surface area (TPSA) is 72.5 Å². The highest BCUT2D eigenvalue weighted by atomic mass is 16.6. The van der Waals surface area contributed by atoms with Gasteiger partial charge in [-0.25, -0.2) is 4.98 Å². The van der Waals surface area contributed by atoms with Gasteiger partial charge in [0.05, 0.1) is 4.92 Å². The molecular weight excluding hydrogens is 340 g/mol. The van der Waals surface area contributed by atoms with Crippen LogP contribution in [0.3, 0.4) is 0 Å². The summed E-state index contributed by atoms with van der Waals surface area (Å²) >= 11 is 0.